The van der Waals surface area contributed by atoms with Crippen LogP contribution in [0.25, 0.3) is 0 Å². The summed E-state index contributed by atoms with van der Waals surface area (Å²) < 4.78 is 31.4. The molecular formula is C12H21ClF2O2. The number of hydrogen-bond donors (Lipinski definition) is 0. The number of hydrogen-bond acceptors (Lipinski definition) is 2. The fourth-order valence-corrected chi connectivity index (χ4v) is 1.67. The summed E-state index contributed by atoms with van der Waals surface area (Å²) in [7, 11) is 0. The van der Waals surface area contributed by atoms with Gasteiger partial charge in [0.2, 0.25) is 0 Å². The Balaban J connectivity index is 4.95. The topological polar surface area (TPSA) is 26.3 Å². The summed E-state index contributed by atoms with van der Waals surface area (Å²) >= 11 is 5.51. The zero-order valence-corrected chi connectivity index (χ0v) is 11.6. The Hall–Kier alpha value is -0.380. The van der Waals surface area contributed by atoms with Gasteiger partial charge in [-0.2, -0.15) is 0 Å². The van der Waals surface area contributed by atoms with Gasteiger partial charge in [-0.3, -0.25) is 4.79 Å². The first-order valence-electron chi connectivity index (χ1n) is 5.77. The van der Waals surface area contributed by atoms with Gasteiger partial charge in [0.05, 0.1) is 0 Å². The van der Waals surface area contributed by atoms with Gasteiger partial charge in [0.25, 0.3) is 6.43 Å². The van der Waals surface area contributed by atoms with Crippen molar-refractivity contribution in [3.8, 4) is 0 Å². The third kappa shape index (κ3) is 4.78. The molecule has 0 aliphatic carbocycles. The van der Waals surface area contributed by atoms with Gasteiger partial charge in [-0.1, -0.05) is 6.92 Å². The highest BCUT2D eigenvalue weighted by atomic mass is 35.5. The molecule has 0 saturated carbocycles. The fourth-order valence-electron chi connectivity index (χ4n) is 1.54. The van der Waals surface area contributed by atoms with Crippen molar-refractivity contribution in [3.05, 3.63) is 0 Å². The lowest BCUT2D eigenvalue weighted by atomic mass is 9.81. The standard InChI is InChI=1S/C12H21ClF2O2/c1-5-12(9(14)15,7-6-8-13)10(16)17-11(2,3)4/h9H,5-8H2,1-4H3. The van der Waals surface area contributed by atoms with Gasteiger partial charge >= 0.3 is 5.97 Å². The van der Waals surface area contributed by atoms with Crippen LogP contribution < -0.4 is 0 Å². The highest BCUT2D eigenvalue weighted by molar-refractivity contribution is 6.17. The molecule has 0 N–H and O–H groups in total. The molecule has 0 saturated heterocycles. The van der Waals surface area contributed by atoms with Crippen molar-refractivity contribution in [1.29, 1.82) is 0 Å². The van der Waals surface area contributed by atoms with Crippen molar-refractivity contribution in [2.45, 2.75) is 59.0 Å². The molecule has 0 spiro atoms. The van der Waals surface area contributed by atoms with E-state index >= 15 is 0 Å². The van der Waals surface area contributed by atoms with E-state index in [1.165, 1.54) is 0 Å². The van der Waals surface area contributed by atoms with Crippen molar-refractivity contribution >= 4 is 17.6 Å². The SMILES string of the molecule is CCC(CCCCl)(C(=O)OC(C)(C)C)C(F)F. The zero-order valence-electron chi connectivity index (χ0n) is 10.9. The predicted octanol–water partition coefficient (Wildman–Crippen LogP) is 4.01. The zero-order chi connectivity index (χ0) is 13.7. The molecule has 1 unspecified atom stereocenters. The largest absolute Gasteiger partial charge is 0.459 e. The van der Waals surface area contributed by atoms with Crippen molar-refractivity contribution in [2.75, 3.05) is 5.88 Å². The third-order valence-electron chi connectivity index (χ3n) is 2.61. The number of esters is 1. The van der Waals surface area contributed by atoms with E-state index < -0.39 is 23.4 Å². The van der Waals surface area contributed by atoms with Crippen LogP contribution in [0.3, 0.4) is 0 Å². The van der Waals surface area contributed by atoms with Crippen molar-refractivity contribution < 1.29 is 18.3 Å². The Morgan fingerprint density at radius 3 is 2.18 bits per heavy atom. The lowest BCUT2D eigenvalue weighted by Crippen LogP contribution is -2.42. The second-order valence-electron chi connectivity index (χ2n) is 5.10. The van der Waals surface area contributed by atoms with Gasteiger partial charge in [-0.15, -0.1) is 11.6 Å². The monoisotopic (exact) mass is 270 g/mol. The van der Waals surface area contributed by atoms with Gasteiger partial charge in [0.15, 0.2) is 0 Å². The summed E-state index contributed by atoms with van der Waals surface area (Å²) in [5, 5.41) is 0. The summed E-state index contributed by atoms with van der Waals surface area (Å²) in [5.41, 5.74) is -2.48. The molecule has 0 aromatic rings. The molecule has 0 radical (unpaired) electrons. The maximum absolute atomic E-state index is 13.2. The maximum atomic E-state index is 13.2. The average Bonchev–Trinajstić information content (AvgIpc) is 2.16. The van der Waals surface area contributed by atoms with Gasteiger partial charge in [-0.05, 0) is 40.0 Å². The second kappa shape index (κ2) is 6.53. The first-order valence-corrected chi connectivity index (χ1v) is 6.30. The van der Waals surface area contributed by atoms with Crippen molar-refractivity contribution in [1.82, 2.24) is 0 Å². The molecule has 5 heteroatoms. The van der Waals surface area contributed by atoms with Crippen LogP contribution in [0.5, 0.6) is 0 Å². The van der Waals surface area contributed by atoms with E-state index in [1.54, 1.807) is 27.7 Å². The molecule has 0 fully saturated rings. The van der Waals surface area contributed by atoms with E-state index in [0.29, 0.717) is 6.42 Å². The first kappa shape index (κ1) is 16.6. The molecule has 0 aromatic heterocycles. The van der Waals surface area contributed by atoms with E-state index in [9.17, 15) is 13.6 Å². The lowest BCUT2D eigenvalue weighted by Gasteiger charge is -2.32. The summed E-state index contributed by atoms with van der Waals surface area (Å²) in [5.74, 6) is -0.565. The van der Waals surface area contributed by atoms with E-state index in [0.717, 1.165) is 0 Å². The Morgan fingerprint density at radius 2 is 1.88 bits per heavy atom. The average molecular weight is 271 g/mol. The maximum Gasteiger partial charge on any atom is 0.318 e. The van der Waals surface area contributed by atoms with Crippen molar-refractivity contribution in [3.63, 3.8) is 0 Å². The van der Waals surface area contributed by atoms with Crippen LogP contribution in [0.1, 0.15) is 47.0 Å². The van der Waals surface area contributed by atoms with E-state index in [-0.39, 0.29) is 18.7 Å². The molecule has 0 rings (SSSR count). The van der Waals surface area contributed by atoms with Gasteiger partial charge in [0, 0.05) is 5.88 Å². The van der Waals surface area contributed by atoms with E-state index in [2.05, 4.69) is 0 Å². The Kier molecular flexibility index (Phi) is 6.38. The van der Waals surface area contributed by atoms with Crippen LogP contribution in [0.4, 0.5) is 8.78 Å². The Morgan fingerprint density at radius 1 is 1.35 bits per heavy atom. The molecule has 0 amide bonds. The smallest absolute Gasteiger partial charge is 0.318 e. The molecule has 2 nitrogen and oxygen atoms in total. The second-order valence-corrected chi connectivity index (χ2v) is 5.48. The Labute approximate surface area is 107 Å². The highest BCUT2D eigenvalue weighted by Crippen LogP contribution is 2.38. The number of alkyl halides is 3. The minimum Gasteiger partial charge on any atom is -0.459 e. The molecule has 0 heterocycles. The molecule has 0 aromatic carbocycles. The van der Waals surface area contributed by atoms with E-state index in [4.69, 9.17) is 16.3 Å². The van der Waals surface area contributed by atoms with Crippen LogP contribution in [0, 0.1) is 5.41 Å². The summed E-state index contributed by atoms with van der Waals surface area (Å²) in [6, 6.07) is 0. The molecule has 1 atom stereocenters. The van der Waals surface area contributed by atoms with Gasteiger partial charge in [0.1, 0.15) is 11.0 Å². The van der Waals surface area contributed by atoms with Crippen LogP contribution in [-0.4, -0.2) is 23.9 Å². The minimum absolute atomic E-state index is 0.0521. The van der Waals surface area contributed by atoms with Gasteiger partial charge in [-0.25, -0.2) is 8.78 Å². The van der Waals surface area contributed by atoms with Crippen LogP contribution in [0.2, 0.25) is 0 Å². The van der Waals surface area contributed by atoms with Crippen LogP contribution in [0.15, 0.2) is 0 Å². The first-order chi connectivity index (χ1) is 7.69. The normalized spacial score (nSPS) is 15.8. The molecule has 0 aliphatic rings. The quantitative estimate of drug-likeness (QED) is 0.538. The summed E-state index contributed by atoms with van der Waals surface area (Å²) in [6.07, 6.45) is -2.25. The fraction of sp³-hybridized carbons (Fsp3) is 0.917. The number of carbonyl (C=O) groups is 1. The lowest BCUT2D eigenvalue weighted by molar-refractivity contribution is -0.179. The molecule has 0 bridgehead atoms. The van der Waals surface area contributed by atoms with Crippen LogP contribution >= 0.6 is 11.6 Å². The number of carbonyl (C=O) groups excluding carboxylic acids is 1. The predicted molar refractivity (Wildman–Crippen MR) is 64.5 cm³/mol. The summed E-state index contributed by atoms with van der Waals surface area (Å²) in [4.78, 5) is 11.9. The molecule has 102 valence electrons. The van der Waals surface area contributed by atoms with E-state index in [1.807, 2.05) is 0 Å². The molecular weight excluding hydrogens is 250 g/mol. The number of halogens is 3. The molecule has 17 heavy (non-hydrogen) atoms. The minimum atomic E-state index is -2.73. The molecule has 0 aliphatic heterocycles. The number of rotatable bonds is 6. The highest BCUT2D eigenvalue weighted by Gasteiger charge is 2.47. The van der Waals surface area contributed by atoms with Crippen LogP contribution in [-0.2, 0) is 9.53 Å². The Bertz CT molecular complexity index is 251. The third-order valence-corrected chi connectivity index (χ3v) is 2.88. The number of ether oxygens (including phenoxy) is 1. The summed E-state index contributed by atoms with van der Waals surface area (Å²) in [6.45, 7) is 6.57. The van der Waals surface area contributed by atoms with Gasteiger partial charge < -0.3 is 4.74 Å². The van der Waals surface area contributed by atoms with Crippen molar-refractivity contribution in [2.24, 2.45) is 5.41 Å².